The molecular formula is C14H24O2Si. The summed E-state index contributed by atoms with van der Waals surface area (Å²) in [6, 6.07) is 0. The Morgan fingerprint density at radius 3 is 2.59 bits per heavy atom. The number of ketones is 1. The molecule has 0 saturated heterocycles. The van der Waals surface area contributed by atoms with Gasteiger partial charge in [-0.3, -0.25) is 4.79 Å². The van der Waals surface area contributed by atoms with E-state index in [0.717, 1.165) is 18.0 Å². The molecule has 2 aliphatic rings. The van der Waals surface area contributed by atoms with Crippen LogP contribution in [0.15, 0.2) is 10.8 Å². The maximum absolute atomic E-state index is 12.6. The Morgan fingerprint density at radius 1 is 1.41 bits per heavy atom. The Hall–Kier alpha value is -0.413. The van der Waals surface area contributed by atoms with Crippen LogP contribution in [0, 0.1) is 11.8 Å². The van der Waals surface area contributed by atoms with Crippen LogP contribution in [0.3, 0.4) is 0 Å². The zero-order chi connectivity index (χ0) is 12.8. The highest BCUT2D eigenvalue weighted by Gasteiger charge is 2.49. The SMILES string of the molecule is CCC(O)[C@@H]1C(=O)C([Si](C)(C)C)=C2CCC[C@H]21. The standard InChI is InChI=1S/C14H24O2Si/c1-5-11(15)12-9-7-6-8-10(9)14(13(12)16)17(2,3)4/h9,11-12,15H,5-8H2,1-4H3/t9-,11?,12-/m1/s1. The van der Waals surface area contributed by atoms with Gasteiger partial charge < -0.3 is 5.11 Å². The average molecular weight is 252 g/mol. The van der Waals surface area contributed by atoms with E-state index >= 15 is 0 Å². The number of Topliss-reactive ketones (excluding diaryl/α,β-unsaturated/α-hetero) is 1. The summed E-state index contributed by atoms with van der Waals surface area (Å²) in [7, 11) is -1.55. The molecule has 0 aromatic carbocycles. The lowest BCUT2D eigenvalue weighted by Gasteiger charge is -2.23. The van der Waals surface area contributed by atoms with Gasteiger partial charge in [0, 0.05) is 0 Å². The van der Waals surface area contributed by atoms with E-state index in [1.807, 2.05) is 6.92 Å². The third-order valence-corrected chi connectivity index (χ3v) is 6.36. The summed E-state index contributed by atoms with van der Waals surface area (Å²) in [5.41, 5.74) is 1.42. The molecule has 1 fully saturated rings. The summed E-state index contributed by atoms with van der Waals surface area (Å²) in [5.74, 6) is 0.552. The van der Waals surface area contributed by atoms with E-state index < -0.39 is 14.2 Å². The zero-order valence-electron chi connectivity index (χ0n) is 11.4. The highest BCUT2D eigenvalue weighted by Crippen LogP contribution is 2.49. The number of allylic oxidation sites excluding steroid dienone is 2. The van der Waals surface area contributed by atoms with Crippen molar-refractivity contribution >= 4 is 13.9 Å². The fraction of sp³-hybridized carbons (Fsp3) is 0.786. The van der Waals surface area contributed by atoms with Crippen LogP contribution >= 0.6 is 0 Å². The summed E-state index contributed by atoms with van der Waals surface area (Å²) in [6.07, 6.45) is 3.67. The smallest absolute Gasteiger partial charge is 0.161 e. The van der Waals surface area contributed by atoms with Gasteiger partial charge in [0.1, 0.15) is 0 Å². The van der Waals surface area contributed by atoms with Gasteiger partial charge in [-0.1, -0.05) is 32.1 Å². The lowest BCUT2D eigenvalue weighted by molar-refractivity contribution is -0.122. The topological polar surface area (TPSA) is 37.3 Å². The molecule has 0 bridgehead atoms. The molecule has 17 heavy (non-hydrogen) atoms. The van der Waals surface area contributed by atoms with Gasteiger partial charge in [0.15, 0.2) is 5.78 Å². The number of aliphatic hydroxyl groups is 1. The van der Waals surface area contributed by atoms with Crippen molar-refractivity contribution in [1.29, 1.82) is 0 Å². The predicted molar refractivity (Wildman–Crippen MR) is 72.5 cm³/mol. The number of carbonyl (C=O) groups excluding carboxylic acids is 1. The van der Waals surface area contributed by atoms with E-state index in [0.29, 0.717) is 18.1 Å². The number of aliphatic hydroxyl groups excluding tert-OH is 1. The van der Waals surface area contributed by atoms with Gasteiger partial charge >= 0.3 is 0 Å². The third-order valence-electron chi connectivity index (χ3n) is 4.30. The van der Waals surface area contributed by atoms with E-state index in [4.69, 9.17) is 0 Å². The van der Waals surface area contributed by atoms with Crippen LogP contribution < -0.4 is 0 Å². The van der Waals surface area contributed by atoms with Gasteiger partial charge in [0.25, 0.3) is 0 Å². The molecule has 0 radical (unpaired) electrons. The minimum atomic E-state index is -1.55. The maximum Gasteiger partial charge on any atom is 0.161 e. The van der Waals surface area contributed by atoms with Gasteiger partial charge in [-0.05, 0) is 36.8 Å². The molecule has 2 nitrogen and oxygen atoms in total. The Bertz CT molecular complexity index is 365. The Kier molecular flexibility index (Phi) is 3.34. The van der Waals surface area contributed by atoms with E-state index in [1.54, 1.807) is 0 Å². The lowest BCUT2D eigenvalue weighted by Crippen LogP contribution is -2.35. The van der Waals surface area contributed by atoms with Crippen molar-refractivity contribution in [3.8, 4) is 0 Å². The fourth-order valence-corrected chi connectivity index (χ4v) is 5.81. The lowest BCUT2D eigenvalue weighted by atomic mass is 9.86. The molecule has 0 aromatic heterocycles. The number of fused-ring (bicyclic) bond motifs is 1. The first-order chi connectivity index (χ1) is 7.88. The van der Waals surface area contributed by atoms with E-state index in [2.05, 4.69) is 19.6 Å². The van der Waals surface area contributed by atoms with Crippen molar-refractivity contribution in [3.63, 3.8) is 0 Å². The highest BCUT2D eigenvalue weighted by molar-refractivity contribution is 6.87. The Labute approximate surface area is 105 Å². The van der Waals surface area contributed by atoms with Crippen molar-refractivity contribution in [2.45, 2.75) is 58.4 Å². The molecular weight excluding hydrogens is 228 g/mol. The van der Waals surface area contributed by atoms with Crippen LogP contribution in [0.25, 0.3) is 0 Å². The average Bonchev–Trinajstić information content (AvgIpc) is 2.73. The maximum atomic E-state index is 12.6. The van der Waals surface area contributed by atoms with Gasteiger partial charge in [-0.25, -0.2) is 0 Å². The number of rotatable bonds is 3. The molecule has 0 aromatic rings. The van der Waals surface area contributed by atoms with Crippen molar-refractivity contribution < 1.29 is 9.90 Å². The molecule has 2 rings (SSSR count). The van der Waals surface area contributed by atoms with E-state index in [1.165, 1.54) is 12.0 Å². The second-order valence-corrected chi connectivity index (χ2v) is 11.5. The minimum Gasteiger partial charge on any atom is -0.392 e. The van der Waals surface area contributed by atoms with Crippen molar-refractivity contribution in [1.82, 2.24) is 0 Å². The third kappa shape index (κ3) is 2.04. The van der Waals surface area contributed by atoms with Gasteiger partial charge in [0.2, 0.25) is 0 Å². The summed E-state index contributed by atoms with van der Waals surface area (Å²) in [5, 5.41) is 11.3. The van der Waals surface area contributed by atoms with Gasteiger partial charge in [0.05, 0.1) is 20.1 Å². The van der Waals surface area contributed by atoms with Crippen molar-refractivity contribution in [2.24, 2.45) is 11.8 Å². The molecule has 1 saturated carbocycles. The number of carbonyl (C=O) groups is 1. The summed E-state index contributed by atoms with van der Waals surface area (Å²) < 4.78 is 0. The fourth-order valence-electron chi connectivity index (χ4n) is 3.63. The first-order valence-electron chi connectivity index (χ1n) is 6.83. The van der Waals surface area contributed by atoms with Crippen molar-refractivity contribution in [3.05, 3.63) is 10.8 Å². The second kappa shape index (κ2) is 4.36. The van der Waals surface area contributed by atoms with Crippen LogP contribution in [0.4, 0.5) is 0 Å². The molecule has 1 N–H and O–H groups in total. The predicted octanol–water partition coefficient (Wildman–Crippen LogP) is 2.93. The first kappa shape index (κ1) is 13.0. The second-order valence-electron chi connectivity index (χ2n) is 6.51. The monoisotopic (exact) mass is 252 g/mol. The van der Waals surface area contributed by atoms with Crippen LogP contribution in [0.1, 0.15) is 32.6 Å². The van der Waals surface area contributed by atoms with E-state index in [-0.39, 0.29) is 5.92 Å². The van der Waals surface area contributed by atoms with Crippen LogP contribution in [0.2, 0.25) is 19.6 Å². The molecule has 3 atom stereocenters. The zero-order valence-corrected chi connectivity index (χ0v) is 12.4. The molecule has 3 heteroatoms. The summed E-state index contributed by atoms with van der Waals surface area (Å²) in [4.78, 5) is 12.6. The largest absolute Gasteiger partial charge is 0.392 e. The van der Waals surface area contributed by atoms with Crippen LogP contribution in [-0.4, -0.2) is 25.1 Å². The number of hydrogen-bond donors (Lipinski definition) is 1. The van der Waals surface area contributed by atoms with Gasteiger partial charge in [-0.2, -0.15) is 0 Å². The Balaban J connectivity index is 2.40. The minimum absolute atomic E-state index is 0.112. The first-order valence-corrected chi connectivity index (χ1v) is 10.3. The van der Waals surface area contributed by atoms with E-state index in [9.17, 15) is 9.90 Å². The molecule has 0 amide bonds. The molecule has 0 aliphatic heterocycles. The highest BCUT2D eigenvalue weighted by atomic mass is 28.3. The Morgan fingerprint density at radius 2 is 2.06 bits per heavy atom. The summed E-state index contributed by atoms with van der Waals surface area (Å²) >= 11 is 0. The molecule has 0 spiro atoms. The van der Waals surface area contributed by atoms with Crippen molar-refractivity contribution in [2.75, 3.05) is 0 Å². The normalized spacial score (nSPS) is 31.0. The summed E-state index contributed by atoms with van der Waals surface area (Å²) in [6.45, 7) is 8.73. The van der Waals surface area contributed by atoms with Crippen LogP contribution in [0.5, 0.6) is 0 Å². The molecule has 1 unspecified atom stereocenters. The quantitative estimate of drug-likeness (QED) is 0.784. The molecule has 0 heterocycles. The van der Waals surface area contributed by atoms with Crippen LogP contribution in [-0.2, 0) is 4.79 Å². The molecule has 96 valence electrons. The number of hydrogen-bond acceptors (Lipinski definition) is 2. The molecule has 2 aliphatic carbocycles. The van der Waals surface area contributed by atoms with Gasteiger partial charge in [-0.15, -0.1) is 0 Å².